The number of hydrogen-bond acceptors (Lipinski definition) is 6. The molecule has 0 unspecified atom stereocenters. The van der Waals surface area contributed by atoms with Crippen LogP contribution in [0, 0.1) is 15.5 Å². The lowest BCUT2D eigenvalue weighted by atomic mass is 9.81. The van der Waals surface area contributed by atoms with Gasteiger partial charge in [0.25, 0.3) is 12.1 Å². The molecule has 7 nitrogen and oxygen atoms in total. The van der Waals surface area contributed by atoms with Crippen molar-refractivity contribution in [2.75, 3.05) is 13.2 Å². The molecule has 1 rings (SSSR count). The Hall–Kier alpha value is -2.58. The van der Waals surface area contributed by atoms with Crippen LogP contribution in [0.3, 0.4) is 0 Å². The Balaban J connectivity index is 3.27. The highest BCUT2D eigenvalue weighted by Gasteiger charge is 2.57. The second-order valence-electron chi connectivity index (χ2n) is 4.81. The van der Waals surface area contributed by atoms with Crippen molar-refractivity contribution in [3.05, 3.63) is 39.9 Å². The smallest absolute Gasteiger partial charge is 0.329 e. The first-order chi connectivity index (χ1) is 11.3. The monoisotopic (exact) mass is 345 g/mol. The van der Waals surface area contributed by atoms with Gasteiger partial charge < -0.3 is 9.47 Å². The average Bonchev–Trinajstić information content (AvgIpc) is 2.53. The maximum atomic E-state index is 13.7. The van der Waals surface area contributed by atoms with Crippen LogP contribution < -0.4 is 0 Å². The summed E-state index contributed by atoms with van der Waals surface area (Å²) < 4.78 is 36.7. The second-order valence-corrected chi connectivity index (χ2v) is 4.81. The Morgan fingerprint density at radius 1 is 1.12 bits per heavy atom. The molecule has 0 saturated heterocycles. The molecule has 24 heavy (non-hydrogen) atoms. The van der Waals surface area contributed by atoms with Crippen molar-refractivity contribution in [2.24, 2.45) is 5.41 Å². The first kappa shape index (κ1) is 19.5. The van der Waals surface area contributed by atoms with Gasteiger partial charge in [0.1, 0.15) is 0 Å². The molecule has 0 spiro atoms. The molecular formula is C15H17F2NO6. The number of hydrogen-bond donors (Lipinski definition) is 0. The number of non-ortho nitro benzene ring substituents is 1. The van der Waals surface area contributed by atoms with Crippen LogP contribution in [-0.4, -0.2) is 36.5 Å². The van der Waals surface area contributed by atoms with Crippen molar-refractivity contribution in [3.63, 3.8) is 0 Å². The third-order valence-electron chi connectivity index (χ3n) is 3.28. The van der Waals surface area contributed by atoms with E-state index in [1.807, 2.05) is 0 Å². The maximum absolute atomic E-state index is 13.7. The van der Waals surface area contributed by atoms with Crippen LogP contribution in [0.25, 0.3) is 0 Å². The SMILES string of the molecule is CCOC(=O)C(Cc1ccc([N+](=O)[O-])cc1)(C(=O)OCC)C(F)F. The molecule has 0 aliphatic heterocycles. The van der Waals surface area contributed by atoms with Crippen molar-refractivity contribution in [3.8, 4) is 0 Å². The molecule has 0 fully saturated rings. The number of benzene rings is 1. The molecule has 1 aromatic rings. The molecule has 0 amide bonds. The van der Waals surface area contributed by atoms with Crippen molar-refractivity contribution < 1.29 is 32.8 Å². The van der Waals surface area contributed by atoms with E-state index in [0.29, 0.717) is 0 Å². The zero-order valence-electron chi connectivity index (χ0n) is 13.2. The fourth-order valence-electron chi connectivity index (χ4n) is 2.06. The van der Waals surface area contributed by atoms with Crippen LogP contribution in [0.4, 0.5) is 14.5 Å². The molecule has 0 saturated carbocycles. The normalized spacial score (nSPS) is 11.2. The van der Waals surface area contributed by atoms with E-state index in [1.54, 1.807) is 0 Å². The Morgan fingerprint density at radius 2 is 1.58 bits per heavy atom. The summed E-state index contributed by atoms with van der Waals surface area (Å²) in [5, 5.41) is 10.6. The van der Waals surface area contributed by atoms with E-state index in [1.165, 1.54) is 26.0 Å². The van der Waals surface area contributed by atoms with E-state index in [-0.39, 0.29) is 24.5 Å². The van der Waals surface area contributed by atoms with Gasteiger partial charge in [-0.3, -0.25) is 19.7 Å². The number of halogens is 2. The summed E-state index contributed by atoms with van der Waals surface area (Å²) in [7, 11) is 0. The van der Waals surface area contributed by atoms with E-state index < -0.39 is 35.1 Å². The highest BCUT2D eigenvalue weighted by molar-refractivity contribution is 6.01. The van der Waals surface area contributed by atoms with Gasteiger partial charge in [0, 0.05) is 18.6 Å². The lowest BCUT2D eigenvalue weighted by Crippen LogP contribution is -2.49. The molecule has 0 bridgehead atoms. The lowest BCUT2D eigenvalue weighted by molar-refractivity contribution is -0.384. The zero-order valence-corrected chi connectivity index (χ0v) is 13.2. The van der Waals surface area contributed by atoms with Crippen LogP contribution in [0.1, 0.15) is 19.4 Å². The summed E-state index contributed by atoms with van der Waals surface area (Å²) in [6.45, 7) is 2.47. The largest absolute Gasteiger partial charge is 0.465 e. The number of alkyl halides is 2. The van der Waals surface area contributed by atoms with Gasteiger partial charge in [-0.15, -0.1) is 0 Å². The maximum Gasteiger partial charge on any atom is 0.329 e. The zero-order chi connectivity index (χ0) is 18.3. The molecule has 132 valence electrons. The molecular weight excluding hydrogens is 328 g/mol. The van der Waals surface area contributed by atoms with Gasteiger partial charge >= 0.3 is 11.9 Å². The number of nitrogens with zero attached hydrogens (tertiary/aromatic N) is 1. The molecule has 0 atom stereocenters. The number of carbonyl (C=O) groups is 2. The number of carbonyl (C=O) groups excluding carboxylic acids is 2. The Kier molecular flexibility index (Phi) is 6.75. The standard InChI is InChI=1S/C15H17F2NO6/c1-3-23-13(19)15(12(16)17,14(20)24-4-2)9-10-5-7-11(8-6-10)18(21)22/h5-8,12H,3-4,9H2,1-2H3. The first-order valence-electron chi connectivity index (χ1n) is 7.15. The molecule has 1 aromatic carbocycles. The molecule has 0 N–H and O–H groups in total. The average molecular weight is 345 g/mol. The highest BCUT2D eigenvalue weighted by Crippen LogP contribution is 2.34. The molecule has 0 radical (unpaired) electrons. The van der Waals surface area contributed by atoms with Crippen molar-refractivity contribution in [1.29, 1.82) is 0 Å². The van der Waals surface area contributed by atoms with E-state index in [4.69, 9.17) is 0 Å². The van der Waals surface area contributed by atoms with Gasteiger partial charge in [0.2, 0.25) is 5.41 Å². The van der Waals surface area contributed by atoms with E-state index in [2.05, 4.69) is 9.47 Å². The van der Waals surface area contributed by atoms with Gasteiger partial charge in [0.05, 0.1) is 18.1 Å². The number of ether oxygens (including phenoxy) is 2. The lowest BCUT2D eigenvalue weighted by Gasteiger charge is -2.28. The van der Waals surface area contributed by atoms with Crippen LogP contribution in [0.15, 0.2) is 24.3 Å². The molecule has 0 aliphatic carbocycles. The number of esters is 2. The Bertz CT molecular complexity index is 584. The van der Waals surface area contributed by atoms with Gasteiger partial charge in [0.15, 0.2) is 0 Å². The number of nitro groups is 1. The van der Waals surface area contributed by atoms with Crippen LogP contribution >= 0.6 is 0 Å². The summed E-state index contributed by atoms with van der Waals surface area (Å²) in [6, 6.07) is 4.60. The van der Waals surface area contributed by atoms with E-state index in [0.717, 1.165) is 12.1 Å². The summed E-state index contributed by atoms with van der Waals surface area (Å²) >= 11 is 0. The minimum absolute atomic E-state index is 0.141. The summed E-state index contributed by atoms with van der Waals surface area (Å²) in [5.41, 5.74) is -2.92. The molecule has 0 heterocycles. The van der Waals surface area contributed by atoms with Gasteiger partial charge in [-0.2, -0.15) is 0 Å². The minimum atomic E-state index is -3.37. The van der Waals surface area contributed by atoms with Gasteiger partial charge in [-0.1, -0.05) is 12.1 Å². The summed E-state index contributed by atoms with van der Waals surface area (Å²) in [5.74, 6) is -2.78. The van der Waals surface area contributed by atoms with Crippen molar-refractivity contribution in [1.82, 2.24) is 0 Å². The predicted molar refractivity (Wildman–Crippen MR) is 78.5 cm³/mol. The summed E-state index contributed by atoms with van der Waals surface area (Å²) in [6.07, 6.45) is -4.06. The van der Waals surface area contributed by atoms with Crippen molar-refractivity contribution >= 4 is 17.6 Å². The Morgan fingerprint density at radius 3 is 1.92 bits per heavy atom. The highest BCUT2D eigenvalue weighted by atomic mass is 19.3. The molecule has 9 heteroatoms. The third kappa shape index (κ3) is 4.03. The Labute approximate surface area is 136 Å². The van der Waals surface area contributed by atoms with Crippen LogP contribution in [0.5, 0.6) is 0 Å². The van der Waals surface area contributed by atoms with Crippen LogP contribution in [-0.2, 0) is 25.5 Å². The third-order valence-corrected chi connectivity index (χ3v) is 3.28. The number of nitro benzene ring substituents is 1. The molecule has 0 aliphatic rings. The molecule has 0 aromatic heterocycles. The topological polar surface area (TPSA) is 95.7 Å². The summed E-state index contributed by atoms with van der Waals surface area (Å²) in [4.78, 5) is 34.2. The van der Waals surface area contributed by atoms with Gasteiger partial charge in [-0.05, 0) is 19.4 Å². The quantitative estimate of drug-likeness (QED) is 0.311. The fraction of sp³-hybridized carbons (Fsp3) is 0.467. The second kappa shape index (κ2) is 8.32. The van der Waals surface area contributed by atoms with Crippen LogP contribution in [0.2, 0.25) is 0 Å². The predicted octanol–water partition coefficient (Wildman–Crippen LogP) is 2.52. The van der Waals surface area contributed by atoms with E-state index in [9.17, 15) is 28.5 Å². The number of rotatable bonds is 8. The van der Waals surface area contributed by atoms with E-state index >= 15 is 0 Å². The fourth-order valence-corrected chi connectivity index (χ4v) is 2.06. The minimum Gasteiger partial charge on any atom is -0.465 e. The van der Waals surface area contributed by atoms with Crippen molar-refractivity contribution in [2.45, 2.75) is 26.7 Å². The van der Waals surface area contributed by atoms with Gasteiger partial charge in [-0.25, -0.2) is 8.78 Å². The first-order valence-corrected chi connectivity index (χ1v) is 7.15.